The van der Waals surface area contributed by atoms with Crippen LogP contribution in [0.4, 0.5) is 9.18 Å². The van der Waals surface area contributed by atoms with Crippen LogP contribution in [0.2, 0.25) is 0 Å². The van der Waals surface area contributed by atoms with Crippen molar-refractivity contribution in [2.75, 3.05) is 20.3 Å². The zero-order valence-corrected chi connectivity index (χ0v) is 30.9. The monoisotopic (exact) mass is 767 g/mol. The molecule has 5 aromatic rings. The van der Waals surface area contributed by atoms with E-state index in [0.717, 1.165) is 32.1 Å². The van der Waals surface area contributed by atoms with E-state index < -0.39 is 30.1 Å². The number of hydrogen-bond donors (Lipinski definition) is 3. The molecule has 1 aliphatic rings. The number of amides is 1. The van der Waals surface area contributed by atoms with Gasteiger partial charge in [0.25, 0.3) is 11.9 Å². The molecule has 16 heteroatoms. The van der Waals surface area contributed by atoms with Gasteiger partial charge in [-0.15, -0.1) is 9.78 Å². The SMILES string of the molecule is COc1cc(OCCO)c(F)c(C(Cc2ccc(C(=N)NC(=O)c3ccccc3)cc2)c2nc(OC(C)OC(=O)OC3CCCCC3)n(-c3ncccn3)n2)c1. The summed E-state index contributed by atoms with van der Waals surface area (Å²) < 4.78 is 45.6. The van der Waals surface area contributed by atoms with Crippen LogP contribution in [0.1, 0.15) is 77.8 Å². The topological polar surface area (TPSA) is 193 Å². The fraction of sp³-hybridized carbons (Fsp3) is 0.325. The summed E-state index contributed by atoms with van der Waals surface area (Å²) in [5, 5.41) is 25.2. The Bertz CT molecular complexity index is 2100. The van der Waals surface area contributed by atoms with E-state index in [9.17, 15) is 14.7 Å². The standard InChI is InChI=1S/C40H42FN7O8/c1-25(55-40(51)56-29-12-7-4-8-13-29)54-39-46-36(47-48(39)38-43-18-9-19-44-38)32(31-23-30(52-2)24-33(34(31)41)53-21-20-49)22-26-14-16-27(17-15-26)35(42)45-37(50)28-10-5-3-6-11-28/h3,5-6,9-11,14-19,23-25,29,32,49H,4,7-8,12-13,20-22H2,1-2H3,(H2,42,45,50). The van der Waals surface area contributed by atoms with Crippen LogP contribution in [0.5, 0.6) is 17.5 Å². The summed E-state index contributed by atoms with van der Waals surface area (Å²) in [4.78, 5) is 38.6. The van der Waals surface area contributed by atoms with Crippen molar-refractivity contribution in [3.8, 4) is 23.5 Å². The third-order valence-corrected chi connectivity index (χ3v) is 8.95. The van der Waals surface area contributed by atoms with E-state index >= 15 is 4.39 Å². The molecule has 2 heterocycles. The molecule has 2 aromatic heterocycles. The summed E-state index contributed by atoms with van der Waals surface area (Å²) in [6, 6.07) is 19.7. The second-order valence-corrected chi connectivity index (χ2v) is 12.9. The molecule has 3 aromatic carbocycles. The summed E-state index contributed by atoms with van der Waals surface area (Å²) >= 11 is 0. The van der Waals surface area contributed by atoms with Gasteiger partial charge in [0, 0.05) is 42.1 Å². The Balaban J connectivity index is 1.33. The van der Waals surface area contributed by atoms with Crippen LogP contribution < -0.4 is 19.5 Å². The highest BCUT2D eigenvalue weighted by molar-refractivity contribution is 6.11. The Morgan fingerprint density at radius 1 is 1.00 bits per heavy atom. The third-order valence-electron chi connectivity index (χ3n) is 8.95. The first-order valence-corrected chi connectivity index (χ1v) is 18.2. The highest BCUT2D eigenvalue weighted by Crippen LogP contribution is 2.37. The number of aromatic nitrogens is 5. The van der Waals surface area contributed by atoms with Gasteiger partial charge in [-0.25, -0.2) is 19.2 Å². The molecule has 1 aliphatic carbocycles. The Morgan fingerprint density at radius 2 is 1.73 bits per heavy atom. The summed E-state index contributed by atoms with van der Waals surface area (Å²) in [5.74, 6) is -1.90. The average molecular weight is 768 g/mol. The predicted octanol–water partition coefficient (Wildman–Crippen LogP) is 5.92. The average Bonchev–Trinajstić information content (AvgIpc) is 3.63. The molecule has 1 amide bonds. The first-order chi connectivity index (χ1) is 27.2. The van der Waals surface area contributed by atoms with E-state index in [2.05, 4.69) is 25.4 Å². The highest BCUT2D eigenvalue weighted by Gasteiger charge is 2.30. The maximum absolute atomic E-state index is 16.4. The molecular weight excluding hydrogens is 725 g/mol. The summed E-state index contributed by atoms with van der Waals surface area (Å²) in [6.07, 6.45) is 5.39. The van der Waals surface area contributed by atoms with Gasteiger partial charge < -0.3 is 34.1 Å². The fourth-order valence-electron chi connectivity index (χ4n) is 6.18. The predicted molar refractivity (Wildman–Crippen MR) is 200 cm³/mol. The lowest BCUT2D eigenvalue weighted by Gasteiger charge is -2.22. The van der Waals surface area contributed by atoms with Crippen molar-refractivity contribution < 1.29 is 42.8 Å². The van der Waals surface area contributed by atoms with Gasteiger partial charge in [0.1, 0.15) is 24.3 Å². The number of ether oxygens (including phenoxy) is 5. The molecule has 0 aliphatic heterocycles. The van der Waals surface area contributed by atoms with Crippen molar-refractivity contribution in [2.24, 2.45) is 0 Å². The Kier molecular flexibility index (Phi) is 13.2. The number of rotatable bonds is 15. The van der Waals surface area contributed by atoms with Crippen LogP contribution in [0.3, 0.4) is 0 Å². The number of aliphatic hydroxyl groups is 1. The van der Waals surface area contributed by atoms with E-state index in [1.807, 2.05) is 0 Å². The number of amidine groups is 1. The normalized spacial score (nSPS) is 13.9. The number of carbonyl (C=O) groups excluding carboxylic acids is 2. The van der Waals surface area contributed by atoms with Crippen molar-refractivity contribution in [3.63, 3.8) is 0 Å². The van der Waals surface area contributed by atoms with Crippen molar-refractivity contribution in [3.05, 3.63) is 119 Å². The van der Waals surface area contributed by atoms with Gasteiger partial charge in [-0.3, -0.25) is 10.2 Å². The van der Waals surface area contributed by atoms with Crippen LogP contribution in [0, 0.1) is 11.2 Å². The number of aliphatic hydroxyl groups excluding tert-OH is 1. The third kappa shape index (κ3) is 10.0. The fourth-order valence-corrected chi connectivity index (χ4v) is 6.18. The van der Waals surface area contributed by atoms with Crippen LogP contribution >= 0.6 is 0 Å². The zero-order valence-electron chi connectivity index (χ0n) is 30.9. The summed E-state index contributed by atoms with van der Waals surface area (Å²) in [6.45, 7) is 0.985. The molecule has 1 fully saturated rings. The molecule has 0 bridgehead atoms. The molecule has 2 atom stereocenters. The highest BCUT2D eigenvalue weighted by atomic mass is 19.1. The van der Waals surface area contributed by atoms with Gasteiger partial charge in [0.2, 0.25) is 6.29 Å². The van der Waals surface area contributed by atoms with Crippen molar-refractivity contribution in [1.82, 2.24) is 30.0 Å². The number of nitrogens with zero attached hydrogens (tertiary/aromatic N) is 5. The lowest BCUT2D eigenvalue weighted by molar-refractivity contribution is -0.0723. The lowest BCUT2D eigenvalue weighted by Crippen LogP contribution is -2.30. The molecule has 15 nitrogen and oxygen atoms in total. The quantitative estimate of drug-likeness (QED) is 0.0494. The largest absolute Gasteiger partial charge is 0.511 e. The van der Waals surface area contributed by atoms with E-state index in [0.29, 0.717) is 16.7 Å². The van der Waals surface area contributed by atoms with E-state index in [-0.39, 0.29) is 66.4 Å². The maximum atomic E-state index is 16.4. The van der Waals surface area contributed by atoms with Gasteiger partial charge in [0.05, 0.1) is 19.6 Å². The minimum atomic E-state index is -1.18. The second kappa shape index (κ2) is 18.8. The Hall–Kier alpha value is -6.42. The van der Waals surface area contributed by atoms with Crippen LogP contribution in [-0.2, 0) is 15.9 Å². The van der Waals surface area contributed by atoms with E-state index in [1.54, 1.807) is 60.7 Å². The van der Waals surface area contributed by atoms with Gasteiger partial charge in [-0.05, 0) is 61.9 Å². The van der Waals surface area contributed by atoms with E-state index in [4.69, 9.17) is 29.1 Å². The zero-order chi connectivity index (χ0) is 39.4. The summed E-state index contributed by atoms with van der Waals surface area (Å²) in [7, 11) is 1.43. The number of hydrogen-bond acceptors (Lipinski definition) is 13. The van der Waals surface area contributed by atoms with Gasteiger partial charge in [-0.1, -0.05) is 48.9 Å². The molecular formula is C40H42FN7O8. The first-order valence-electron chi connectivity index (χ1n) is 18.2. The number of carbonyl (C=O) groups is 2. The lowest BCUT2D eigenvalue weighted by atomic mass is 9.90. The minimum absolute atomic E-state index is 0.0791. The molecule has 292 valence electrons. The van der Waals surface area contributed by atoms with Gasteiger partial charge >= 0.3 is 12.2 Å². The van der Waals surface area contributed by atoms with Crippen molar-refractivity contribution >= 4 is 17.9 Å². The number of halogens is 1. The molecule has 6 rings (SSSR count). The van der Waals surface area contributed by atoms with Crippen LogP contribution in [-0.4, -0.2) is 80.5 Å². The van der Waals surface area contributed by atoms with E-state index in [1.165, 1.54) is 43.2 Å². The second-order valence-electron chi connectivity index (χ2n) is 12.9. The van der Waals surface area contributed by atoms with Gasteiger partial charge in [-0.2, -0.15) is 4.98 Å². The molecule has 0 saturated heterocycles. The molecule has 3 N–H and O–H groups in total. The molecule has 1 saturated carbocycles. The number of methoxy groups -OCH3 is 1. The van der Waals surface area contributed by atoms with Gasteiger partial charge in [0.15, 0.2) is 17.4 Å². The molecule has 56 heavy (non-hydrogen) atoms. The maximum Gasteiger partial charge on any atom is 0.511 e. The Morgan fingerprint density at radius 3 is 2.43 bits per heavy atom. The first kappa shape index (κ1) is 39.3. The smallest absolute Gasteiger partial charge is 0.497 e. The van der Waals surface area contributed by atoms with Crippen LogP contribution in [0.15, 0.2) is 85.2 Å². The van der Waals surface area contributed by atoms with Crippen LogP contribution in [0.25, 0.3) is 5.95 Å². The van der Waals surface area contributed by atoms with Crippen molar-refractivity contribution in [1.29, 1.82) is 5.41 Å². The number of nitrogens with one attached hydrogen (secondary N) is 2. The molecule has 0 spiro atoms. The molecule has 2 unspecified atom stereocenters. The van der Waals surface area contributed by atoms with Crippen molar-refractivity contribution in [2.45, 2.75) is 63.8 Å². The number of benzene rings is 3. The summed E-state index contributed by atoms with van der Waals surface area (Å²) in [5.41, 5.74) is 1.65. The minimum Gasteiger partial charge on any atom is -0.497 e. The Labute approximate surface area is 322 Å². The molecule has 0 radical (unpaired) electrons.